The molecule has 0 saturated carbocycles. The number of aliphatic hydroxyl groups is 1. The Morgan fingerprint density at radius 1 is 1.23 bits per heavy atom. The summed E-state index contributed by atoms with van der Waals surface area (Å²) in [5.74, 6) is -0.625. The third-order valence-corrected chi connectivity index (χ3v) is 4.38. The molecule has 30 heavy (non-hydrogen) atoms. The Bertz CT molecular complexity index is 1060. The summed E-state index contributed by atoms with van der Waals surface area (Å²) in [6, 6.07) is 2.94. The van der Waals surface area contributed by atoms with E-state index in [-0.39, 0.29) is 18.2 Å². The van der Waals surface area contributed by atoms with Crippen molar-refractivity contribution in [1.29, 1.82) is 0 Å². The minimum Gasteiger partial charge on any atom is -0.387 e. The van der Waals surface area contributed by atoms with Crippen LogP contribution >= 0.6 is 0 Å². The van der Waals surface area contributed by atoms with Gasteiger partial charge in [0.1, 0.15) is 12.0 Å². The fourth-order valence-corrected chi connectivity index (χ4v) is 2.76. The van der Waals surface area contributed by atoms with Crippen molar-refractivity contribution in [3.05, 3.63) is 42.1 Å². The van der Waals surface area contributed by atoms with Crippen LogP contribution in [0.25, 0.3) is 16.9 Å². The molecule has 1 atom stereocenters. The molecular weight excluding hydrogens is 394 g/mol. The molecule has 0 radical (unpaired) electrons. The Labute approximate surface area is 172 Å². The lowest BCUT2D eigenvalue weighted by Gasteiger charge is -2.23. The van der Waals surface area contributed by atoms with E-state index in [0.29, 0.717) is 22.5 Å². The number of halogens is 2. The van der Waals surface area contributed by atoms with Crippen LogP contribution in [-0.4, -0.2) is 55.1 Å². The third kappa shape index (κ3) is 4.70. The lowest BCUT2D eigenvalue weighted by Crippen LogP contribution is -2.42. The zero-order valence-electron chi connectivity index (χ0n) is 17.1. The summed E-state index contributed by atoms with van der Waals surface area (Å²) in [6.07, 6.45) is 2.29. The minimum absolute atomic E-state index is 0.00122. The number of anilines is 1. The van der Waals surface area contributed by atoms with E-state index in [1.54, 1.807) is 6.07 Å². The standard InChI is InChI=1S/C20H24F2N6O2/c1-11(2)27-15-6-17(28-18-12(7-26-28)5-13(21)8-24-18)23-9-14(15)19(29)25-10-16(22)20(3,4)30/h5-9,11,16,30H,10H2,1-4H3,(H,23,27)(H,25,29). The maximum absolute atomic E-state index is 14.0. The largest absolute Gasteiger partial charge is 0.387 e. The van der Waals surface area contributed by atoms with Gasteiger partial charge in [-0.2, -0.15) is 9.78 Å². The molecule has 3 heterocycles. The van der Waals surface area contributed by atoms with Gasteiger partial charge in [0.15, 0.2) is 11.5 Å². The van der Waals surface area contributed by atoms with Crippen molar-refractivity contribution in [1.82, 2.24) is 25.1 Å². The molecule has 10 heteroatoms. The number of aromatic nitrogens is 4. The highest BCUT2D eigenvalue weighted by Gasteiger charge is 2.27. The summed E-state index contributed by atoms with van der Waals surface area (Å²) >= 11 is 0. The van der Waals surface area contributed by atoms with Gasteiger partial charge in [-0.1, -0.05) is 0 Å². The Hall–Kier alpha value is -3.14. The fourth-order valence-electron chi connectivity index (χ4n) is 2.76. The minimum atomic E-state index is -1.63. The first-order chi connectivity index (χ1) is 14.1. The molecule has 0 saturated heterocycles. The molecule has 1 amide bonds. The molecule has 0 aliphatic rings. The van der Waals surface area contributed by atoms with E-state index < -0.39 is 23.5 Å². The predicted octanol–water partition coefficient (Wildman–Crippen LogP) is 2.61. The zero-order chi connectivity index (χ0) is 22.1. The van der Waals surface area contributed by atoms with Crippen LogP contribution < -0.4 is 10.6 Å². The average molecular weight is 418 g/mol. The quantitative estimate of drug-likeness (QED) is 0.545. The maximum Gasteiger partial charge on any atom is 0.255 e. The van der Waals surface area contributed by atoms with E-state index in [1.165, 1.54) is 37.0 Å². The molecule has 3 aromatic heterocycles. The van der Waals surface area contributed by atoms with Gasteiger partial charge in [0.05, 0.1) is 35.8 Å². The predicted molar refractivity (Wildman–Crippen MR) is 109 cm³/mol. The summed E-state index contributed by atoms with van der Waals surface area (Å²) in [6.45, 7) is 6.13. The molecule has 160 valence electrons. The van der Waals surface area contributed by atoms with Gasteiger partial charge in [-0.25, -0.2) is 18.7 Å². The molecule has 0 aromatic carbocycles. The Balaban J connectivity index is 1.92. The fraction of sp³-hybridized carbons (Fsp3) is 0.400. The summed E-state index contributed by atoms with van der Waals surface area (Å²) in [7, 11) is 0. The van der Waals surface area contributed by atoms with E-state index in [0.717, 1.165) is 6.20 Å². The van der Waals surface area contributed by atoms with Crippen molar-refractivity contribution in [3.63, 3.8) is 0 Å². The van der Waals surface area contributed by atoms with Gasteiger partial charge in [-0.05, 0) is 33.8 Å². The topological polar surface area (TPSA) is 105 Å². The molecule has 8 nitrogen and oxygen atoms in total. The van der Waals surface area contributed by atoms with Crippen LogP contribution in [0.3, 0.4) is 0 Å². The van der Waals surface area contributed by atoms with Gasteiger partial charge >= 0.3 is 0 Å². The number of hydrogen-bond acceptors (Lipinski definition) is 6. The Morgan fingerprint density at radius 3 is 2.63 bits per heavy atom. The molecule has 3 N–H and O–H groups in total. The number of carbonyl (C=O) groups is 1. The lowest BCUT2D eigenvalue weighted by atomic mass is 10.0. The number of nitrogens with zero attached hydrogens (tertiary/aromatic N) is 4. The van der Waals surface area contributed by atoms with Crippen molar-refractivity contribution in [2.24, 2.45) is 0 Å². The van der Waals surface area contributed by atoms with Gasteiger partial charge < -0.3 is 15.7 Å². The second-order valence-electron chi connectivity index (χ2n) is 7.84. The molecule has 0 aliphatic heterocycles. The van der Waals surface area contributed by atoms with E-state index in [4.69, 9.17) is 0 Å². The summed E-state index contributed by atoms with van der Waals surface area (Å²) in [4.78, 5) is 20.9. The highest BCUT2D eigenvalue weighted by Crippen LogP contribution is 2.22. The number of rotatable bonds is 7. The van der Waals surface area contributed by atoms with Crippen molar-refractivity contribution < 1.29 is 18.7 Å². The van der Waals surface area contributed by atoms with Crippen LogP contribution in [-0.2, 0) is 0 Å². The zero-order valence-corrected chi connectivity index (χ0v) is 17.1. The van der Waals surface area contributed by atoms with Gasteiger partial charge in [0.25, 0.3) is 5.91 Å². The van der Waals surface area contributed by atoms with Crippen LogP contribution in [0.4, 0.5) is 14.5 Å². The van der Waals surface area contributed by atoms with E-state index in [1.807, 2.05) is 13.8 Å². The average Bonchev–Trinajstić information content (AvgIpc) is 3.07. The molecule has 3 aromatic rings. The monoisotopic (exact) mass is 418 g/mol. The second-order valence-corrected chi connectivity index (χ2v) is 7.84. The lowest BCUT2D eigenvalue weighted by molar-refractivity contribution is -0.00177. The smallest absolute Gasteiger partial charge is 0.255 e. The van der Waals surface area contributed by atoms with Crippen LogP contribution in [0.15, 0.2) is 30.7 Å². The number of pyridine rings is 2. The highest BCUT2D eigenvalue weighted by molar-refractivity contribution is 5.99. The maximum atomic E-state index is 14.0. The number of carbonyl (C=O) groups excluding carboxylic acids is 1. The first kappa shape index (κ1) is 21.6. The summed E-state index contributed by atoms with van der Waals surface area (Å²) in [5.41, 5.74) is -0.466. The summed E-state index contributed by atoms with van der Waals surface area (Å²) < 4.78 is 28.8. The van der Waals surface area contributed by atoms with E-state index >= 15 is 0 Å². The van der Waals surface area contributed by atoms with E-state index in [2.05, 4.69) is 25.7 Å². The van der Waals surface area contributed by atoms with Gasteiger partial charge in [-0.3, -0.25) is 4.79 Å². The highest BCUT2D eigenvalue weighted by atomic mass is 19.1. The summed E-state index contributed by atoms with van der Waals surface area (Å²) in [5, 5.41) is 20.1. The van der Waals surface area contributed by atoms with Gasteiger partial charge in [-0.15, -0.1) is 0 Å². The van der Waals surface area contributed by atoms with Crippen molar-refractivity contribution in [2.75, 3.05) is 11.9 Å². The normalized spacial score (nSPS) is 12.9. The number of alkyl halides is 1. The number of amides is 1. The van der Waals surface area contributed by atoms with Crippen LogP contribution in [0.5, 0.6) is 0 Å². The molecule has 1 unspecified atom stereocenters. The van der Waals surface area contributed by atoms with Gasteiger partial charge in [0, 0.05) is 23.7 Å². The van der Waals surface area contributed by atoms with Crippen LogP contribution in [0.2, 0.25) is 0 Å². The van der Waals surface area contributed by atoms with Gasteiger partial charge in [0.2, 0.25) is 0 Å². The number of hydrogen-bond donors (Lipinski definition) is 3. The Morgan fingerprint density at radius 2 is 1.97 bits per heavy atom. The molecule has 0 fully saturated rings. The SMILES string of the molecule is CC(C)Nc1cc(-n2ncc3cc(F)cnc32)ncc1C(=O)NCC(F)C(C)(C)O. The molecule has 3 rings (SSSR count). The van der Waals surface area contributed by atoms with Crippen LogP contribution in [0, 0.1) is 5.82 Å². The number of fused-ring (bicyclic) bond motifs is 1. The third-order valence-electron chi connectivity index (χ3n) is 4.38. The Kier molecular flexibility index (Phi) is 5.97. The number of nitrogens with one attached hydrogen (secondary N) is 2. The molecular formula is C20H24F2N6O2. The van der Waals surface area contributed by atoms with Crippen molar-refractivity contribution >= 4 is 22.6 Å². The second kappa shape index (κ2) is 8.31. The first-order valence-electron chi connectivity index (χ1n) is 9.47. The van der Waals surface area contributed by atoms with Crippen molar-refractivity contribution in [3.8, 4) is 5.82 Å². The van der Waals surface area contributed by atoms with Crippen molar-refractivity contribution in [2.45, 2.75) is 45.5 Å². The van der Waals surface area contributed by atoms with E-state index in [9.17, 15) is 18.7 Å². The molecule has 0 spiro atoms. The molecule has 0 bridgehead atoms. The van der Waals surface area contributed by atoms with Crippen LogP contribution in [0.1, 0.15) is 38.1 Å². The molecule has 0 aliphatic carbocycles. The first-order valence-corrected chi connectivity index (χ1v) is 9.47.